The van der Waals surface area contributed by atoms with Crippen LogP contribution >= 0.6 is 0 Å². The number of aliphatic hydroxyl groups excluding tert-OH is 1. The Labute approximate surface area is 136 Å². The van der Waals surface area contributed by atoms with E-state index in [0.29, 0.717) is 30.9 Å². The summed E-state index contributed by atoms with van der Waals surface area (Å²) in [7, 11) is 0. The average Bonchev–Trinajstić information content (AvgIpc) is 2.55. The van der Waals surface area contributed by atoms with Crippen LogP contribution in [0.3, 0.4) is 0 Å². The molecule has 124 valence electrons. The molecule has 0 spiro atoms. The maximum absolute atomic E-state index is 12.5. The highest BCUT2D eigenvalue weighted by molar-refractivity contribution is 5.81. The third kappa shape index (κ3) is 4.68. The maximum Gasteiger partial charge on any atom is 0.263 e. The topological polar surface area (TPSA) is 76.8 Å². The molecular weight excluding hydrogens is 294 g/mol. The number of ether oxygens (including phenoxy) is 1. The smallest absolute Gasteiger partial charge is 0.263 e. The lowest BCUT2D eigenvalue weighted by molar-refractivity contribution is -0.139. The summed E-state index contributed by atoms with van der Waals surface area (Å²) in [6.07, 6.45) is -0.991. The molecule has 1 N–H and O–H groups in total. The number of carbonyl (C=O) groups is 1. The number of hydrogen-bond acceptors (Lipinski definition) is 5. The summed E-state index contributed by atoms with van der Waals surface area (Å²) in [5, 5.41) is 18.5. The predicted octanol–water partition coefficient (Wildman–Crippen LogP) is 0.851. The first-order valence-electron chi connectivity index (χ1n) is 7.86. The van der Waals surface area contributed by atoms with Gasteiger partial charge in [-0.3, -0.25) is 9.69 Å². The Morgan fingerprint density at radius 2 is 1.96 bits per heavy atom. The second-order valence-corrected chi connectivity index (χ2v) is 5.84. The number of benzene rings is 1. The molecule has 0 bridgehead atoms. The third-order valence-electron chi connectivity index (χ3n) is 3.87. The molecule has 1 aliphatic heterocycles. The fourth-order valence-electron chi connectivity index (χ4n) is 2.68. The van der Waals surface area contributed by atoms with Crippen molar-refractivity contribution in [3.8, 4) is 11.8 Å². The molecular formula is C17H23N3O3. The molecule has 1 aromatic rings. The van der Waals surface area contributed by atoms with Crippen molar-refractivity contribution in [1.82, 2.24) is 9.80 Å². The SMILES string of the molecule is C[C@H](Oc1ccccc1C#N)C(=O)N1CCN(C[C@@H](C)O)CC1. The zero-order valence-electron chi connectivity index (χ0n) is 13.6. The fraction of sp³-hybridized carbons (Fsp3) is 0.529. The Morgan fingerprint density at radius 3 is 2.57 bits per heavy atom. The molecule has 1 heterocycles. The summed E-state index contributed by atoms with van der Waals surface area (Å²) in [6, 6.07) is 8.97. The highest BCUT2D eigenvalue weighted by Crippen LogP contribution is 2.19. The lowest BCUT2D eigenvalue weighted by Gasteiger charge is -2.36. The standard InChI is InChI=1S/C17H23N3O3/c1-13(21)12-19-7-9-20(10-8-19)17(22)14(2)23-16-6-4-3-5-15(16)11-18/h3-6,13-14,21H,7-10,12H2,1-2H3/t13-,14+/m1/s1. The zero-order chi connectivity index (χ0) is 16.8. The number of para-hydroxylation sites is 1. The van der Waals surface area contributed by atoms with Crippen LogP contribution in [-0.2, 0) is 4.79 Å². The molecule has 23 heavy (non-hydrogen) atoms. The van der Waals surface area contributed by atoms with Crippen LogP contribution in [0.15, 0.2) is 24.3 Å². The van der Waals surface area contributed by atoms with Crippen LogP contribution in [-0.4, -0.2) is 65.7 Å². The van der Waals surface area contributed by atoms with E-state index in [9.17, 15) is 9.90 Å². The predicted molar refractivity (Wildman–Crippen MR) is 85.9 cm³/mol. The van der Waals surface area contributed by atoms with Crippen LogP contribution in [0.5, 0.6) is 5.75 Å². The van der Waals surface area contributed by atoms with Crippen molar-refractivity contribution < 1.29 is 14.6 Å². The first kappa shape index (κ1) is 17.3. The Balaban J connectivity index is 1.90. The molecule has 1 aliphatic rings. The van der Waals surface area contributed by atoms with Gasteiger partial charge in [0.25, 0.3) is 5.91 Å². The molecule has 2 atom stereocenters. The van der Waals surface area contributed by atoms with Gasteiger partial charge in [0.05, 0.1) is 11.7 Å². The highest BCUT2D eigenvalue weighted by Gasteiger charge is 2.26. The number of β-amino-alcohol motifs (C(OH)–C–C–N with tert-alkyl or cyclic N) is 1. The Morgan fingerprint density at radius 1 is 1.30 bits per heavy atom. The molecule has 0 aliphatic carbocycles. The number of hydrogen-bond donors (Lipinski definition) is 1. The van der Waals surface area contributed by atoms with Gasteiger partial charge in [-0.05, 0) is 26.0 Å². The van der Waals surface area contributed by atoms with E-state index in [1.807, 2.05) is 0 Å². The van der Waals surface area contributed by atoms with Gasteiger partial charge in [-0.25, -0.2) is 0 Å². The van der Waals surface area contributed by atoms with Gasteiger partial charge in [-0.1, -0.05) is 12.1 Å². The minimum absolute atomic E-state index is 0.0746. The van der Waals surface area contributed by atoms with Gasteiger partial charge >= 0.3 is 0 Å². The lowest BCUT2D eigenvalue weighted by atomic mass is 10.2. The van der Waals surface area contributed by atoms with Crippen molar-refractivity contribution in [1.29, 1.82) is 5.26 Å². The quantitative estimate of drug-likeness (QED) is 0.871. The fourth-order valence-corrected chi connectivity index (χ4v) is 2.68. The summed E-state index contributed by atoms with van der Waals surface area (Å²) in [5.41, 5.74) is 0.425. The number of carbonyl (C=O) groups excluding carboxylic acids is 1. The second-order valence-electron chi connectivity index (χ2n) is 5.84. The number of piperazine rings is 1. The van der Waals surface area contributed by atoms with E-state index in [1.165, 1.54) is 0 Å². The van der Waals surface area contributed by atoms with E-state index in [-0.39, 0.29) is 12.0 Å². The van der Waals surface area contributed by atoms with Gasteiger partial charge in [0.1, 0.15) is 11.8 Å². The first-order valence-corrected chi connectivity index (χ1v) is 7.86. The van der Waals surface area contributed by atoms with Gasteiger partial charge < -0.3 is 14.7 Å². The van der Waals surface area contributed by atoms with E-state index in [4.69, 9.17) is 10.00 Å². The largest absolute Gasteiger partial charge is 0.480 e. The van der Waals surface area contributed by atoms with E-state index < -0.39 is 6.10 Å². The summed E-state index contributed by atoms with van der Waals surface area (Å²) in [6.45, 7) is 6.84. The van der Waals surface area contributed by atoms with Gasteiger partial charge in [-0.15, -0.1) is 0 Å². The molecule has 2 rings (SSSR count). The second kappa shape index (κ2) is 7.95. The molecule has 1 aromatic carbocycles. The Hall–Kier alpha value is -2.10. The third-order valence-corrected chi connectivity index (χ3v) is 3.87. The van der Waals surface area contributed by atoms with Crippen LogP contribution in [0.2, 0.25) is 0 Å². The molecule has 0 unspecified atom stereocenters. The molecule has 1 amide bonds. The Bertz CT molecular complexity index is 575. The number of aliphatic hydroxyl groups is 1. The summed E-state index contributed by atoms with van der Waals surface area (Å²) >= 11 is 0. The molecule has 6 heteroatoms. The average molecular weight is 317 g/mol. The van der Waals surface area contributed by atoms with Crippen LogP contribution in [0.4, 0.5) is 0 Å². The minimum atomic E-state index is -0.632. The first-order chi connectivity index (χ1) is 11.0. The highest BCUT2D eigenvalue weighted by atomic mass is 16.5. The van der Waals surface area contributed by atoms with Crippen molar-refractivity contribution in [2.75, 3.05) is 32.7 Å². The normalized spacial score (nSPS) is 18.1. The van der Waals surface area contributed by atoms with Crippen molar-refractivity contribution in [3.63, 3.8) is 0 Å². The van der Waals surface area contributed by atoms with Gasteiger partial charge in [0, 0.05) is 32.7 Å². The summed E-state index contributed by atoms with van der Waals surface area (Å²) in [5.74, 6) is 0.359. The maximum atomic E-state index is 12.5. The van der Waals surface area contributed by atoms with Gasteiger partial charge in [0.2, 0.25) is 0 Å². The van der Waals surface area contributed by atoms with Crippen LogP contribution in [0.1, 0.15) is 19.4 Å². The zero-order valence-corrected chi connectivity index (χ0v) is 13.6. The van der Waals surface area contributed by atoms with Gasteiger partial charge in [-0.2, -0.15) is 5.26 Å². The Kier molecular flexibility index (Phi) is 5.97. The van der Waals surface area contributed by atoms with Crippen molar-refractivity contribution in [2.24, 2.45) is 0 Å². The van der Waals surface area contributed by atoms with Crippen molar-refractivity contribution in [3.05, 3.63) is 29.8 Å². The molecule has 1 saturated heterocycles. The van der Waals surface area contributed by atoms with Crippen LogP contribution in [0, 0.1) is 11.3 Å². The number of amides is 1. The number of nitrogens with zero attached hydrogens (tertiary/aromatic N) is 3. The van der Waals surface area contributed by atoms with E-state index in [1.54, 1.807) is 43.0 Å². The van der Waals surface area contributed by atoms with E-state index >= 15 is 0 Å². The number of nitriles is 1. The monoisotopic (exact) mass is 317 g/mol. The van der Waals surface area contributed by atoms with Crippen molar-refractivity contribution in [2.45, 2.75) is 26.1 Å². The molecule has 6 nitrogen and oxygen atoms in total. The van der Waals surface area contributed by atoms with Crippen molar-refractivity contribution >= 4 is 5.91 Å². The summed E-state index contributed by atoms with van der Waals surface area (Å²) in [4.78, 5) is 16.4. The lowest BCUT2D eigenvalue weighted by Crippen LogP contribution is -2.52. The molecule has 0 aromatic heterocycles. The van der Waals surface area contributed by atoms with Gasteiger partial charge in [0.15, 0.2) is 6.10 Å². The van der Waals surface area contributed by atoms with E-state index in [0.717, 1.165) is 13.1 Å². The number of rotatable bonds is 5. The molecule has 1 fully saturated rings. The van der Waals surface area contributed by atoms with Crippen LogP contribution < -0.4 is 4.74 Å². The minimum Gasteiger partial charge on any atom is -0.480 e. The van der Waals surface area contributed by atoms with Crippen LogP contribution in [0.25, 0.3) is 0 Å². The summed E-state index contributed by atoms with van der Waals surface area (Å²) < 4.78 is 5.68. The van der Waals surface area contributed by atoms with E-state index in [2.05, 4.69) is 11.0 Å². The molecule has 0 saturated carbocycles. The molecule has 0 radical (unpaired) electrons.